The SMILES string of the molecule is CC(CNC(=O)C1CC(O)CN1)c1c(Cl)cccc1Cl.Cl. The quantitative estimate of drug-likeness (QED) is 0.779. The first-order valence-corrected chi connectivity index (χ1v) is 7.37. The molecule has 1 aliphatic rings. The first kappa shape index (κ1) is 18.5. The smallest absolute Gasteiger partial charge is 0.237 e. The summed E-state index contributed by atoms with van der Waals surface area (Å²) in [4.78, 5) is 11.9. The molecule has 3 atom stereocenters. The van der Waals surface area contributed by atoms with Crippen molar-refractivity contribution < 1.29 is 9.90 Å². The van der Waals surface area contributed by atoms with Crippen LogP contribution >= 0.6 is 35.6 Å². The molecular formula is C14H19Cl3N2O2. The van der Waals surface area contributed by atoms with Crippen LogP contribution in [0.25, 0.3) is 0 Å². The molecule has 0 aliphatic carbocycles. The average Bonchev–Trinajstić information content (AvgIpc) is 2.82. The van der Waals surface area contributed by atoms with E-state index in [0.717, 1.165) is 5.56 Å². The normalized spacial score (nSPS) is 22.5. The molecule has 1 saturated heterocycles. The Morgan fingerprint density at radius 3 is 2.62 bits per heavy atom. The van der Waals surface area contributed by atoms with Gasteiger partial charge in [0.2, 0.25) is 5.91 Å². The van der Waals surface area contributed by atoms with Gasteiger partial charge in [0.25, 0.3) is 0 Å². The standard InChI is InChI=1S/C14H18Cl2N2O2.ClH/c1-8(13-10(15)3-2-4-11(13)16)6-18-14(20)12-5-9(19)7-17-12;/h2-4,8-9,12,17,19H,5-7H2,1H3,(H,18,20);1H. The fraction of sp³-hybridized carbons (Fsp3) is 0.500. The number of hydrogen-bond donors (Lipinski definition) is 3. The van der Waals surface area contributed by atoms with Gasteiger partial charge in [0.15, 0.2) is 0 Å². The molecule has 1 amide bonds. The maximum atomic E-state index is 11.9. The average molecular weight is 354 g/mol. The highest BCUT2D eigenvalue weighted by Gasteiger charge is 2.28. The molecule has 118 valence electrons. The summed E-state index contributed by atoms with van der Waals surface area (Å²) in [5.41, 5.74) is 0.843. The van der Waals surface area contributed by atoms with Crippen molar-refractivity contribution in [2.45, 2.75) is 31.4 Å². The lowest BCUT2D eigenvalue weighted by Gasteiger charge is -2.18. The van der Waals surface area contributed by atoms with E-state index in [1.54, 1.807) is 18.2 Å². The van der Waals surface area contributed by atoms with Gasteiger partial charge in [-0.25, -0.2) is 0 Å². The number of rotatable bonds is 4. The summed E-state index contributed by atoms with van der Waals surface area (Å²) in [6, 6.07) is 5.05. The predicted molar refractivity (Wildman–Crippen MR) is 87.5 cm³/mol. The van der Waals surface area contributed by atoms with Crippen LogP contribution in [-0.2, 0) is 4.79 Å². The summed E-state index contributed by atoms with van der Waals surface area (Å²) in [5.74, 6) is -0.0805. The predicted octanol–water partition coefficient (Wildman–Crippen LogP) is 2.36. The monoisotopic (exact) mass is 352 g/mol. The van der Waals surface area contributed by atoms with Gasteiger partial charge in [-0.2, -0.15) is 0 Å². The number of amides is 1. The van der Waals surface area contributed by atoms with Crippen LogP contribution in [-0.4, -0.2) is 36.2 Å². The van der Waals surface area contributed by atoms with Crippen LogP contribution in [0, 0.1) is 0 Å². The molecular weight excluding hydrogens is 335 g/mol. The molecule has 1 aromatic rings. The van der Waals surface area contributed by atoms with Gasteiger partial charge in [0.05, 0.1) is 12.1 Å². The Labute approximate surface area is 140 Å². The van der Waals surface area contributed by atoms with Crippen LogP contribution in [0.15, 0.2) is 18.2 Å². The molecule has 0 spiro atoms. The van der Waals surface area contributed by atoms with Crippen molar-refractivity contribution in [3.8, 4) is 0 Å². The van der Waals surface area contributed by atoms with Crippen molar-refractivity contribution in [2.75, 3.05) is 13.1 Å². The van der Waals surface area contributed by atoms with E-state index in [0.29, 0.717) is 29.6 Å². The first-order valence-electron chi connectivity index (χ1n) is 6.62. The van der Waals surface area contributed by atoms with Crippen molar-refractivity contribution in [1.29, 1.82) is 0 Å². The van der Waals surface area contributed by atoms with Crippen molar-refractivity contribution >= 4 is 41.5 Å². The largest absolute Gasteiger partial charge is 0.392 e. The highest BCUT2D eigenvalue weighted by atomic mass is 35.5. The van der Waals surface area contributed by atoms with Crippen LogP contribution in [0.2, 0.25) is 10.0 Å². The summed E-state index contributed by atoms with van der Waals surface area (Å²) >= 11 is 12.3. The third-order valence-corrected chi connectivity index (χ3v) is 4.16. The Hall–Kier alpha value is -0.520. The van der Waals surface area contributed by atoms with E-state index in [1.807, 2.05) is 6.92 Å². The molecule has 0 aromatic heterocycles. The minimum Gasteiger partial charge on any atom is -0.392 e. The van der Waals surface area contributed by atoms with Gasteiger partial charge in [0.1, 0.15) is 0 Å². The molecule has 7 heteroatoms. The van der Waals surface area contributed by atoms with E-state index in [2.05, 4.69) is 10.6 Å². The lowest BCUT2D eigenvalue weighted by atomic mass is 10.0. The number of β-amino-alcohol motifs (C(OH)–C–C–N with tert-alkyl or cyclic N) is 1. The Bertz CT molecular complexity index is 479. The van der Waals surface area contributed by atoms with Crippen LogP contribution in [0.4, 0.5) is 0 Å². The Kier molecular flexibility index (Phi) is 7.24. The summed E-state index contributed by atoms with van der Waals surface area (Å²) in [7, 11) is 0. The third-order valence-electron chi connectivity index (χ3n) is 3.50. The molecule has 1 fully saturated rings. The van der Waals surface area contributed by atoms with E-state index >= 15 is 0 Å². The van der Waals surface area contributed by atoms with E-state index in [9.17, 15) is 9.90 Å². The molecule has 4 nitrogen and oxygen atoms in total. The van der Waals surface area contributed by atoms with Crippen molar-refractivity contribution in [3.05, 3.63) is 33.8 Å². The molecule has 1 aromatic carbocycles. The molecule has 0 saturated carbocycles. The molecule has 0 bridgehead atoms. The number of hydrogen-bond acceptors (Lipinski definition) is 3. The third kappa shape index (κ3) is 4.73. The van der Waals surface area contributed by atoms with Gasteiger partial charge in [-0.1, -0.05) is 36.2 Å². The number of carbonyl (C=O) groups is 1. The number of aliphatic hydroxyl groups is 1. The van der Waals surface area contributed by atoms with Crippen LogP contribution in [0.5, 0.6) is 0 Å². The molecule has 1 heterocycles. The second-order valence-electron chi connectivity index (χ2n) is 5.13. The summed E-state index contributed by atoms with van der Waals surface area (Å²) in [6.07, 6.45) is 0.00811. The Morgan fingerprint density at radius 1 is 1.48 bits per heavy atom. The molecule has 21 heavy (non-hydrogen) atoms. The first-order chi connectivity index (χ1) is 9.49. The van der Waals surface area contributed by atoms with Crippen LogP contribution < -0.4 is 10.6 Å². The second kappa shape index (κ2) is 8.20. The molecule has 3 unspecified atom stereocenters. The highest BCUT2D eigenvalue weighted by molar-refractivity contribution is 6.36. The fourth-order valence-electron chi connectivity index (χ4n) is 2.38. The van der Waals surface area contributed by atoms with Crippen LogP contribution in [0.1, 0.15) is 24.8 Å². The number of aliphatic hydroxyl groups excluding tert-OH is 1. The molecule has 0 radical (unpaired) electrons. The second-order valence-corrected chi connectivity index (χ2v) is 5.95. The Balaban J connectivity index is 0.00000220. The maximum Gasteiger partial charge on any atom is 0.237 e. The van der Waals surface area contributed by atoms with E-state index < -0.39 is 6.10 Å². The maximum absolute atomic E-state index is 11.9. The summed E-state index contributed by atoms with van der Waals surface area (Å²) in [5, 5.41) is 16.5. The Morgan fingerprint density at radius 2 is 2.10 bits per heavy atom. The lowest BCUT2D eigenvalue weighted by molar-refractivity contribution is -0.123. The van der Waals surface area contributed by atoms with Crippen molar-refractivity contribution in [3.63, 3.8) is 0 Å². The van der Waals surface area contributed by atoms with Gasteiger partial charge >= 0.3 is 0 Å². The van der Waals surface area contributed by atoms with E-state index in [-0.39, 0.29) is 30.3 Å². The fourth-order valence-corrected chi connectivity index (χ4v) is 3.15. The summed E-state index contributed by atoms with van der Waals surface area (Å²) in [6.45, 7) is 2.88. The van der Waals surface area contributed by atoms with Gasteiger partial charge in [-0.15, -0.1) is 12.4 Å². The van der Waals surface area contributed by atoms with Gasteiger partial charge < -0.3 is 15.7 Å². The molecule has 2 rings (SSSR count). The lowest BCUT2D eigenvalue weighted by Crippen LogP contribution is -2.41. The minimum absolute atomic E-state index is 0. The topological polar surface area (TPSA) is 61.4 Å². The zero-order valence-corrected chi connectivity index (χ0v) is 13.9. The number of nitrogens with one attached hydrogen (secondary N) is 2. The minimum atomic E-state index is -0.443. The number of carbonyl (C=O) groups excluding carboxylic acids is 1. The van der Waals surface area contributed by atoms with Gasteiger partial charge in [-0.05, 0) is 24.1 Å². The van der Waals surface area contributed by atoms with E-state index in [1.165, 1.54) is 0 Å². The zero-order valence-electron chi connectivity index (χ0n) is 11.6. The zero-order chi connectivity index (χ0) is 14.7. The van der Waals surface area contributed by atoms with Crippen LogP contribution in [0.3, 0.4) is 0 Å². The van der Waals surface area contributed by atoms with Crippen molar-refractivity contribution in [2.24, 2.45) is 0 Å². The van der Waals surface area contributed by atoms with Gasteiger partial charge in [-0.3, -0.25) is 4.79 Å². The summed E-state index contributed by atoms with van der Waals surface area (Å²) < 4.78 is 0. The van der Waals surface area contributed by atoms with Gasteiger partial charge in [0, 0.05) is 29.1 Å². The highest BCUT2D eigenvalue weighted by Crippen LogP contribution is 2.30. The molecule has 1 aliphatic heterocycles. The number of halogens is 3. The number of benzene rings is 1. The van der Waals surface area contributed by atoms with E-state index in [4.69, 9.17) is 23.2 Å². The van der Waals surface area contributed by atoms with Crippen molar-refractivity contribution in [1.82, 2.24) is 10.6 Å². The molecule has 3 N–H and O–H groups in total.